The van der Waals surface area contributed by atoms with E-state index < -0.39 is 6.04 Å². The minimum absolute atomic E-state index is 0.141. The van der Waals surface area contributed by atoms with Crippen LogP contribution in [0.2, 0.25) is 0 Å². The molecule has 2 saturated heterocycles. The topological polar surface area (TPSA) is 79.0 Å². The molecule has 3 atom stereocenters. The fraction of sp³-hybridized carbons (Fsp3) is 0.625. The first-order valence-corrected chi connectivity index (χ1v) is 11.7. The van der Waals surface area contributed by atoms with Gasteiger partial charge in [0, 0.05) is 24.6 Å². The first-order chi connectivity index (χ1) is 15.0. The van der Waals surface area contributed by atoms with Gasteiger partial charge in [-0.05, 0) is 81.3 Å². The van der Waals surface area contributed by atoms with Gasteiger partial charge in [0.25, 0.3) is 5.91 Å². The Balaban J connectivity index is 1.27. The quantitative estimate of drug-likeness (QED) is 0.750. The lowest BCUT2D eigenvalue weighted by Crippen LogP contribution is -2.52. The van der Waals surface area contributed by atoms with E-state index >= 15 is 0 Å². The Bertz CT molecular complexity index is 893. The van der Waals surface area contributed by atoms with Crippen molar-refractivity contribution in [1.82, 2.24) is 15.1 Å². The highest BCUT2D eigenvalue weighted by Gasteiger charge is 2.40. The Morgan fingerprint density at radius 2 is 1.84 bits per heavy atom. The summed E-state index contributed by atoms with van der Waals surface area (Å²) < 4.78 is 6.45. The van der Waals surface area contributed by atoms with Gasteiger partial charge in [-0.2, -0.15) is 0 Å². The van der Waals surface area contributed by atoms with E-state index in [1.54, 1.807) is 4.90 Å². The largest absolute Gasteiger partial charge is 0.489 e. The minimum atomic E-state index is -0.581. The summed E-state index contributed by atoms with van der Waals surface area (Å²) in [5, 5.41) is 2.35. The van der Waals surface area contributed by atoms with Gasteiger partial charge in [0.1, 0.15) is 17.9 Å². The number of likely N-dealkylation sites (tertiary alicyclic amines) is 1. The Morgan fingerprint density at radius 1 is 1.03 bits per heavy atom. The predicted octanol–water partition coefficient (Wildman–Crippen LogP) is 2.48. The van der Waals surface area contributed by atoms with Crippen molar-refractivity contribution in [3.63, 3.8) is 0 Å². The van der Waals surface area contributed by atoms with Crippen LogP contribution in [0.3, 0.4) is 0 Å². The van der Waals surface area contributed by atoms with Crippen LogP contribution in [0.5, 0.6) is 5.75 Å². The second-order valence-corrected chi connectivity index (χ2v) is 9.59. The Kier molecular flexibility index (Phi) is 5.46. The second kappa shape index (κ2) is 8.26. The highest BCUT2D eigenvalue weighted by molar-refractivity contribution is 6.05. The Morgan fingerprint density at radius 3 is 2.61 bits per heavy atom. The predicted molar refractivity (Wildman–Crippen MR) is 115 cm³/mol. The highest BCUT2D eigenvalue weighted by Crippen LogP contribution is 2.34. The van der Waals surface area contributed by atoms with Crippen LogP contribution in [0, 0.1) is 5.92 Å². The van der Waals surface area contributed by atoms with E-state index in [0.717, 1.165) is 36.7 Å². The second-order valence-electron chi connectivity index (χ2n) is 9.59. The number of hydrogen-bond acceptors (Lipinski definition) is 5. The molecule has 1 aromatic rings. The molecule has 5 rings (SSSR count). The van der Waals surface area contributed by atoms with Gasteiger partial charge in [0.15, 0.2) is 0 Å². The van der Waals surface area contributed by atoms with Crippen molar-refractivity contribution in [2.24, 2.45) is 5.92 Å². The van der Waals surface area contributed by atoms with E-state index in [2.05, 4.69) is 17.1 Å². The number of rotatable bonds is 4. The summed E-state index contributed by atoms with van der Waals surface area (Å²) in [7, 11) is 0. The first kappa shape index (κ1) is 20.5. The summed E-state index contributed by atoms with van der Waals surface area (Å²) in [6.45, 7) is 5.04. The molecule has 7 heteroatoms. The van der Waals surface area contributed by atoms with Crippen molar-refractivity contribution in [2.75, 3.05) is 13.1 Å². The summed E-state index contributed by atoms with van der Waals surface area (Å²) >= 11 is 0. The molecule has 3 amide bonds. The molecule has 1 aliphatic carbocycles. The van der Waals surface area contributed by atoms with E-state index in [-0.39, 0.29) is 30.2 Å². The molecule has 3 fully saturated rings. The molecule has 31 heavy (non-hydrogen) atoms. The lowest BCUT2D eigenvalue weighted by Gasteiger charge is -2.37. The van der Waals surface area contributed by atoms with Gasteiger partial charge in [-0.1, -0.05) is 6.92 Å². The summed E-state index contributed by atoms with van der Waals surface area (Å²) in [6.07, 6.45) is 6.81. The normalized spacial score (nSPS) is 29.9. The molecule has 0 aromatic heterocycles. The first-order valence-electron chi connectivity index (χ1n) is 11.7. The third kappa shape index (κ3) is 3.95. The SMILES string of the molecule is CC1CCN([C@@H]2CCC[C@H]2Oc2ccc3c(c2)CN(C2CCC(=O)NC2=O)C3=O)CC1. The number of benzene rings is 1. The van der Waals surface area contributed by atoms with Crippen LogP contribution in [-0.4, -0.2) is 58.8 Å². The van der Waals surface area contributed by atoms with E-state index in [1.165, 1.54) is 25.7 Å². The molecule has 1 aromatic carbocycles. The third-order valence-electron chi connectivity index (χ3n) is 7.49. The summed E-state index contributed by atoms with van der Waals surface area (Å²) in [5.74, 6) is 0.837. The fourth-order valence-corrected chi connectivity index (χ4v) is 5.62. The number of nitrogens with zero attached hydrogens (tertiary/aromatic N) is 2. The van der Waals surface area contributed by atoms with Gasteiger partial charge in [-0.25, -0.2) is 0 Å². The smallest absolute Gasteiger partial charge is 0.255 e. The molecule has 166 valence electrons. The lowest BCUT2D eigenvalue weighted by atomic mass is 9.97. The summed E-state index contributed by atoms with van der Waals surface area (Å²) in [6, 6.07) is 5.57. The van der Waals surface area contributed by atoms with Crippen LogP contribution in [0.4, 0.5) is 0 Å². The third-order valence-corrected chi connectivity index (χ3v) is 7.49. The van der Waals surface area contributed by atoms with Crippen LogP contribution >= 0.6 is 0 Å². The number of fused-ring (bicyclic) bond motifs is 1. The number of imide groups is 1. The number of piperidine rings is 2. The van der Waals surface area contributed by atoms with E-state index in [9.17, 15) is 14.4 Å². The zero-order valence-electron chi connectivity index (χ0n) is 18.1. The van der Waals surface area contributed by atoms with Crippen LogP contribution < -0.4 is 10.1 Å². The van der Waals surface area contributed by atoms with E-state index in [1.807, 2.05) is 18.2 Å². The molecule has 0 radical (unpaired) electrons. The maximum Gasteiger partial charge on any atom is 0.255 e. The molecule has 3 heterocycles. The molecule has 1 unspecified atom stereocenters. The van der Waals surface area contributed by atoms with Crippen molar-refractivity contribution >= 4 is 17.7 Å². The van der Waals surface area contributed by atoms with E-state index in [4.69, 9.17) is 4.74 Å². The van der Waals surface area contributed by atoms with Crippen LogP contribution in [0.25, 0.3) is 0 Å². The summed E-state index contributed by atoms with van der Waals surface area (Å²) in [5.41, 5.74) is 1.53. The summed E-state index contributed by atoms with van der Waals surface area (Å²) in [4.78, 5) is 40.8. The maximum atomic E-state index is 12.9. The van der Waals surface area contributed by atoms with Crippen LogP contribution in [0.15, 0.2) is 18.2 Å². The number of ether oxygens (including phenoxy) is 1. The van der Waals surface area contributed by atoms with Crippen molar-refractivity contribution in [3.8, 4) is 5.75 Å². The molecular formula is C24H31N3O4. The number of carbonyl (C=O) groups is 3. The monoisotopic (exact) mass is 425 g/mol. The van der Waals surface area contributed by atoms with Gasteiger partial charge in [0.05, 0.1) is 0 Å². The molecular weight excluding hydrogens is 394 g/mol. The number of nitrogens with one attached hydrogen (secondary N) is 1. The highest BCUT2D eigenvalue weighted by atomic mass is 16.5. The van der Waals surface area contributed by atoms with Crippen LogP contribution in [-0.2, 0) is 16.1 Å². The van der Waals surface area contributed by atoms with Crippen molar-refractivity contribution in [3.05, 3.63) is 29.3 Å². The molecule has 0 spiro atoms. The molecule has 1 saturated carbocycles. The van der Waals surface area contributed by atoms with Gasteiger partial charge in [-0.15, -0.1) is 0 Å². The van der Waals surface area contributed by atoms with Crippen molar-refractivity contribution < 1.29 is 19.1 Å². The standard InChI is InChI=1S/C24H31N3O4/c1-15-9-11-26(12-10-15)19-3-2-4-21(19)31-17-5-6-18-16(13-17)14-27(24(18)30)20-7-8-22(28)25-23(20)29/h5-6,13,15,19-21H,2-4,7-12,14H2,1H3,(H,25,28,29)/t19-,20?,21-/m1/s1. The van der Waals surface area contributed by atoms with E-state index in [0.29, 0.717) is 24.6 Å². The Hall–Kier alpha value is -2.41. The lowest BCUT2D eigenvalue weighted by molar-refractivity contribution is -0.136. The van der Waals surface area contributed by atoms with Gasteiger partial charge < -0.3 is 9.64 Å². The average molecular weight is 426 g/mol. The molecule has 3 aliphatic heterocycles. The van der Waals surface area contributed by atoms with Crippen molar-refractivity contribution in [1.29, 1.82) is 0 Å². The van der Waals surface area contributed by atoms with Gasteiger partial charge in [-0.3, -0.25) is 24.6 Å². The number of carbonyl (C=O) groups excluding carboxylic acids is 3. The fourth-order valence-electron chi connectivity index (χ4n) is 5.62. The van der Waals surface area contributed by atoms with Crippen molar-refractivity contribution in [2.45, 2.75) is 76.6 Å². The molecule has 7 nitrogen and oxygen atoms in total. The zero-order chi connectivity index (χ0) is 21.5. The molecule has 0 bridgehead atoms. The number of amides is 3. The maximum absolute atomic E-state index is 12.9. The molecule has 1 N–H and O–H groups in total. The Labute approximate surface area is 183 Å². The van der Waals surface area contributed by atoms with Crippen LogP contribution in [0.1, 0.15) is 67.8 Å². The van der Waals surface area contributed by atoms with Gasteiger partial charge in [0.2, 0.25) is 11.8 Å². The number of hydrogen-bond donors (Lipinski definition) is 1. The zero-order valence-corrected chi connectivity index (χ0v) is 18.1. The molecule has 4 aliphatic rings. The average Bonchev–Trinajstić information content (AvgIpc) is 3.33. The van der Waals surface area contributed by atoms with Gasteiger partial charge >= 0.3 is 0 Å². The minimum Gasteiger partial charge on any atom is -0.489 e.